The van der Waals surface area contributed by atoms with Crippen LogP contribution in [-0.4, -0.2) is 28.3 Å². The summed E-state index contributed by atoms with van der Waals surface area (Å²) in [6, 6.07) is 0. The lowest BCUT2D eigenvalue weighted by Crippen LogP contribution is -2.10. The Morgan fingerprint density at radius 1 is 1.43 bits per heavy atom. The Bertz CT molecular complexity index is 289. The fraction of sp³-hybridized carbons (Fsp3) is 0.556. The predicted molar refractivity (Wildman–Crippen MR) is 61.1 cm³/mol. The Hall–Kier alpha value is -0.320. The fourth-order valence-corrected chi connectivity index (χ4v) is 2.49. The second-order valence-electron chi connectivity index (χ2n) is 3.18. The molecule has 1 saturated heterocycles. The van der Waals surface area contributed by atoms with Gasteiger partial charge in [-0.25, -0.2) is 4.98 Å². The summed E-state index contributed by atoms with van der Waals surface area (Å²) in [5, 5.41) is 5.10. The van der Waals surface area contributed by atoms with Crippen molar-refractivity contribution in [3.05, 3.63) is 18.1 Å². The van der Waals surface area contributed by atoms with E-state index in [0.29, 0.717) is 5.25 Å². The fourth-order valence-electron chi connectivity index (χ4n) is 1.40. The van der Waals surface area contributed by atoms with Crippen molar-refractivity contribution in [2.24, 2.45) is 0 Å². The van der Waals surface area contributed by atoms with Gasteiger partial charge in [0.1, 0.15) is 5.03 Å². The van der Waals surface area contributed by atoms with Gasteiger partial charge < -0.3 is 5.32 Å². The Morgan fingerprint density at radius 3 is 2.86 bits per heavy atom. The van der Waals surface area contributed by atoms with Gasteiger partial charge in [-0.2, -0.15) is 0 Å². The van der Waals surface area contributed by atoms with Crippen molar-refractivity contribution in [2.75, 3.05) is 13.1 Å². The number of hydrogen-bond acceptors (Lipinski definition) is 4. The molecule has 78 valence electrons. The lowest BCUT2D eigenvalue weighted by atomic mass is 10.4. The zero-order valence-corrected chi connectivity index (χ0v) is 9.70. The molecule has 0 spiro atoms. The maximum absolute atomic E-state index is 4.31. The molecular weight excluding hydrogens is 218 g/mol. The van der Waals surface area contributed by atoms with Gasteiger partial charge in [0, 0.05) is 24.2 Å². The normalized spacial score (nSPS) is 20.5. The van der Waals surface area contributed by atoms with Gasteiger partial charge in [-0.1, -0.05) is 11.8 Å². The van der Waals surface area contributed by atoms with Crippen molar-refractivity contribution < 1.29 is 0 Å². The summed E-state index contributed by atoms with van der Waals surface area (Å²) in [4.78, 5) is 8.53. The van der Waals surface area contributed by atoms with Crippen LogP contribution in [0.5, 0.6) is 0 Å². The first-order valence-electron chi connectivity index (χ1n) is 4.51. The Morgan fingerprint density at radius 2 is 2.21 bits per heavy atom. The lowest BCUT2D eigenvalue weighted by Gasteiger charge is -2.07. The van der Waals surface area contributed by atoms with E-state index in [2.05, 4.69) is 15.3 Å². The van der Waals surface area contributed by atoms with Crippen LogP contribution in [0.3, 0.4) is 0 Å². The van der Waals surface area contributed by atoms with E-state index in [1.165, 1.54) is 6.42 Å². The van der Waals surface area contributed by atoms with Gasteiger partial charge in [0.05, 0.1) is 5.69 Å². The zero-order valence-electron chi connectivity index (χ0n) is 8.06. The molecule has 0 saturated carbocycles. The third-order valence-corrected chi connectivity index (χ3v) is 3.49. The van der Waals surface area contributed by atoms with Crippen molar-refractivity contribution in [2.45, 2.75) is 23.6 Å². The van der Waals surface area contributed by atoms with Crippen molar-refractivity contribution in [3.63, 3.8) is 0 Å². The topological polar surface area (TPSA) is 37.8 Å². The molecule has 5 heteroatoms. The summed E-state index contributed by atoms with van der Waals surface area (Å²) in [6.07, 6.45) is 4.74. The van der Waals surface area contributed by atoms with Crippen LogP contribution in [0.1, 0.15) is 12.1 Å². The van der Waals surface area contributed by atoms with Crippen LogP contribution >= 0.6 is 24.2 Å². The smallest absolute Gasteiger partial charge is 0.118 e. The molecule has 1 unspecified atom stereocenters. The van der Waals surface area contributed by atoms with Crippen LogP contribution in [0.25, 0.3) is 0 Å². The van der Waals surface area contributed by atoms with E-state index < -0.39 is 0 Å². The van der Waals surface area contributed by atoms with E-state index in [1.807, 2.05) is 18.7 Å². The summed E-state index contributed by atoms with van der Waals surface area (Å²) >= 11 is 1.84. The van der Waals surface area contributed by atoms with Crippen LogP contribution < -0.4 is 5.32 Å². The molecule has 1 aliphatic rings. The van der Waals surface area contributed by atoms with E-state index in [1.54, 1.807) is 12.4 Å². The Kier molecular flexibility index (Phi) is 4.65. The van der Waals surface area contributed by atoms with E-state index in [4.69, 9.17) is 0 Å². The van der Waals surface area contributed by atoms with Crippen molar-refractivity contribution in [3.8, 4) is 0 Å². The average Bonchev–Trinajstić information content (AvgIpc) is 2.61. The van der Waals surface area contributed by atoms with Crippen LogP contribution in [0.15, 0.2) is 17.4 Å². The molecule has 0 aromatic carbocycles. The van der Waals surface area contributed by atoms with Gasteiger partial charge in [0.25, 0.3) is 0 Å². The highest BCUT2D eigenvalue weighted by molar-refractivity contribution is 7.99. The molecule has 3 nitrogen and oxygen atoms in total. The maximum atomic E-state index is 4.31. The molecule has 1 fully saturated rings. The van der Waals surface area contributed by atoms with Gasteiger partial charge in [-0.05, 0) is 19.9 Å². The number of thioether (sulfide) groups is 1. The minimum absolute atomic E-state index is 0. The summed E-state index contributed by atoms with van der Waals surface area (Å²) in [6.45, 7) is 4.25. The molecule has 2 rings (SSSR count). The third-order valence-electron chi connectivity index (χ3n) is 2.13. The van der Waals surface area contributed by atoms with Crippen molar-refractivity contribution in [1.29, 1.82) is 0 Å². The summed E-state index contributed by atoms with van der Waals surface area (Å²) in [5.41, 5.74) is 1.04. The monoisotopic (exact) mass is 231 g/mol. The highest BCUT2D eigenvalue weighted by Crippen LogP contribution is 2.26. The number of aryl methyl sites for hydroxylation is 1. The molecular formula is C9H14ClN3S. The molecule has 0 radical (unpaired) electrons. The predicted octanol–water partition coefficient (Wildman–Crippen LogP) is 1.66. The third kappa shape index (κ3) is 2.83. The van der Waals surface area contributed by atoms with E-state index in [-0.39, 0.29) is 12.4 Å². The molecule has 0 aliphatic carbocycles. The standard InChI is InChI=1S/C9H13N3S.ClH/c1-7-9(12-5-4-11-7)13-8-2-3-10-6-8;/h4-5,8,10H,2-3,6H2,1H3;1H. The number of aromatic nitrogens is 2. The van der Waals surface area contributed by atoms with Gasteiger partial charge in [-0.15, -0.1) is 12.4 Å². The van der Waals surface area contributed by atoms with Crippen molar-refractivity contribution in [1.82, 2.24) is 15.3 Å². The van der Waals surface area contributed by atoms with E-state index in [0.717, 1.165) is 23.8 Å². The first-order chi connectivity index (χ1) is 6.36. The van der Waals surface area contributed by atoms with E-state index >= 15 is 0 Å². The molecule has 0 amide bonds. The lowest BCUT2D eigenvalue weighted by molar-refractivity contribution is 0.858. The molecule has 1 aromatic heterocycles. The van der Waals surface area contributed by atoms with Crippen molar-refractivity contribution >= 4 is 24.2 Å². The van der Waals surface area contributed by atoms with Gasteiger partial charge >= 0.3 is 0 Å². The van der Waals surface area contributed by atoms with E-state index in [9.17, 15) is 0 Å². The molecule has 1 aromatic rings. The zero-order chi connectivity index (χ0) is 9.10. The Labute approximate surface area is 94.5 Å². The molecule has 1 atom stereocenters. The molecule has 0 bridgehead atoms. The Balaban J connectivity index is 0.000000980. The first kappa shape index (κ1) is 11.8. The van der Waals surface area contributed by atoms with Gasteiger partial charge in [-0.3, -0.25) is 4.98 Å². The largest absolute Gasteiger partial charge is 0.316 e. The number of halogens is 1. The molecule has 14 heavy (non-hydrogen) atoms. The second-order valence-corrected chi connectivity index (χ2v) is 4.47. The molecule has 2 heterocycles. The minimum atomic E-state index is 0. The number of nitrogens with one attached hydrogen (secondary N) is 1. The summed E-state index contributed by atoms with van der Waals surface area (Å²) in [7, 11) is 0. The van der Waals surface area contributed by atoms with Gasteiger partial charge in [0.2, 0.25) is 0 Å². The molecule has 1 aliphatic heterocycles. The second kappa shape index (κ2) is 5.53. The highest BCUT2D eigenvalue weighted by Gasteiger charge is 2.17. The van der Waals surface area contributed by atoms with Crippen LogP contribution in [-0.2, 0) is 0 Å². The van der Waals surface area contributed by atoms with Crippen LogP contribution in [0.2, 0.25) is 0 Å². The SMILES string of the molecule is Cc1nccnc1SC1CCNC1.Cl. The molecule has 1 N–H and O–H groups in total. The average molecular weight is 232 g/mol. The van der Waals surface area contributed by atoms with Crippen LogP contribution in [0, 0.1) is 6.92 Å². The summed E-state index contributed by atoms with van der Waals surface area (Å²) in [5.74, 6) is 0. The minimum Gasteiger partial charge on any atom is -0.316 e. The number of nitrogens with zero attached hydrogens (tertiary/aromatic N) is 2. The van der Waals surface area contributed by atoms with Crippen LogP contribution in [0.4, 0.5) is 0 Å². The number of hydrogen-bond donors (Lipinski definition) is 1. The first-order valence-corrected chi connectivity index (χ1v) is 5.39. The maximum Gasteiger partial charge on any atom is 0.118 e. The number of rotatable bonds is 2. The summed E-state index contributed by atoms with van der Waals surface area (Å²) < 4.78 is 0. The highest BCUT2D eigenvalue weighted by atomic mass is 35.5. The van der Waals surface area contributed by atoms with Gasteiger partial charge in [0.15, 0.2) is 0 Å². The quantitative estimate of drug-likeness (QED) is 0.840.